The van der Waals surface area contributed by atoms with Crippen LogP contribution in [0.15, 0.2) is 18.2 Å². The molecule has 0 heterocycles. The molecule has 0 saturated heterocycles. The first-order chi connectivity index (χ1) is 7.42. The lowest BCUT2D eigenvalue weighted by Gasteiger charge is -2.09. The Labute approximate surface area is 81.1 Å². The molecule has 72 valence electrons. The molecule has 0 saturated carbocycles. The van der Waals surface area contributed by atoms with Crippen molar-refractivity contribution in [2.24, 2.45) is 5.73 Å². The number of aromatic hydroxyl groups is 1. The molecule has 4 nitrogen and oxygen atoms in total. The predicted molar refractivity (Wildman–Crippen MR) is 49.2 cm³/mol. The number of methoxy groups -OCH3 is 1. The highest BCUT2D eigenvalue weighted by Crippen LogP contribution is 2.30. The molecular weight excluding hydrogens is 170 g/mol. The van der Waals surface area contributed by atoms with Crippen LogP contribution in [0.3, 0.4) is 0 Å². The Kier molecular flexibility index (Phi) is 2.14. The van der Waals surface area contributed by atoms with E-state index in [2.05, 4.69) is 4.74 Å². The number of ether oxygens (including phenoxy) is 2. The zero-order valence-corrected chi connectivity index (χ0v) is 6.99. The van der Waals surface area contributed by atoms with Crippen LogP contribution in [-0.4, -0.2) is 25.3 Å². The van der Waals surface area contributed by atoms with Gasteiger partial charge in [-0.25, -0.2) is 0 Å². The summed E-state index contributed by atoms with van der Waals surface area (Å²) in [7, 11) is -2.59. The molecule has 3 N–H and O–H groups in total. The topological polar surface area (TPSA) is 64.7 Å². The predicted octanol–water partition coefficient (Wildman–Crippen LogP) is 0.738. The molecule has 0 radical (unpaired) electrons. The summed E-state index contributed by atoms with van der Waals surface area (Å²) >= 11 is 0. The zero-order valence-electron chi connectivity index (χ0n) is 9.99. The number of hydrogen-bond acceptors (Lipinski definition) is 4. The summed E-state index contributed by atoms with van der Waals surface area (Å²) in [6, 6.07) is 3.97. The van der Waals surface area contributed by atoms with E-state index < -0.39 is 7.04 Å². The Morgan fingerprint density at radius 2 is 2.38 bits per heavy atom. The molecule has 0 fully saturated rings. The normalized spacial score (nSPS) is 14.1. The lowest BCUT2D eigenvalue weighted by atomic mass is 10.3. The van der Waals surface area contributed by atoms with Crippen molar-refractivity contribution < 1.29 is 18.7 Å². The van der Waals surface area contributed by atoms with Crippen molar-refractivity contribution in [3.63, 3.8) is 0 Å². The molecule has 0 aromatic heterocycles. The van der Waals surface area contributed by atoms with Gasteiger partial charge in [-0.3, -0.25) is 0 Å². The van der Waals surface area contributed by atoms with Gasteiger partial charge in [-0.05, 0) is 12.1 Å². The van der Waals surface area contributed by atoms with Crippen molar-refractivity contribution in [2.75, 3.05) is 20.2 Å². The number of nitrogens with two attached hydrogens (primary N) is 1. The molecule has 1 rings (SSSR count). The van der Waals surface area contributed by atoms with Crippen LogP contribution in [-0.2, 0) is 0 Å². The van der Waals surface area contributed by atoms with Gasteiger partial charge in [-0.2, -0.15) is 0 Å². The van der Waals surface area contributed by atoms with Gasteiger partial charge in [0.15, 0.2) is 11.5 Å². The molecule has 1 aromatic rings. The maximum absolute atomic E-state index is 9.22. The van der Waals surface area contributed by atoms with E-state index in [0.717, 1.165) is 0 Å². The van der Waals surface area contributed by atoms with Crippen molar-refractivity contribution in [3.05, 3.63) is 18.2 Å². The average molecular weight is 186 g/mol. The average Bonchev–Trinajstić information content (AvgIpc) is 2.14. The van der Waals surface area contributed by atoms with Gasteiger partial charge in [0.25, 0.3) is 0 Å². The number of benzene rings is 1. The lowest BCUT2D eigenvalue weighted by molar-refractivity contribution is 0.301. The largest absolute Gasteiger partial charge is 0.508 e. The Bertz CT molecular complexity index is 354. The smallest absolute Gasteiger partial charge is 0.164 e. The van der Waals surface area contributed by atoms with E-state index in [9.17, 15) is 5.11 Å². The van der Waals surface area contributed by atoms with Crippen LogP contribution in [0.25, 0.3) is 0 Å². The third-order valence-electron chi connectivity index (χ3n) is 1.41. The fourth-order valence-corrected chi connectivity index (χ4v) is 0.865. The molecular formula is C9H13NO3. The van der Waals surface area contributed by atoms with Crippen molar-refractivity contribution in [1.29, 1.82) is 0 Å². The van der Waals surface area contributed by atoms with Crippen molar-refractivity contribution in [1.82, 2.24) is 0 Å². The minimum Gasteiger partial charge on any atom is -0.508 e. The molecule has 13 heavy (non-hydrogen) atoms. The van der Waals surface area contributed by atoms with Gasteiger partial charge in [-0.1, -0.05) is 0 Å². The Morgan fingerprint density at radius 3 is 3.08 bits per heavy atom. The molecule has 0 aliphatic carbocycles. The highest BCUT2D eigenvalue weighted by molar-refractivity contribution is 5.44. The minimum absolute atomic E-state index is 0.0338. The van der Waals surface area contributed by atoms with Gasteiger partial charge in [0.1, 0.15) is 12.4 Å². The molecule has 0 aliphatic heterocycles. The van der Waals surface area contributed by atoms with Crippen LogP contribution >= 0.6 is 0 Å². The maximum atomic E-state index is 9.22. The molecule has 0 amide bonds. The van der Waals surface area contributed by atoms with Crippen LogP contribution in [0.5, 0.6) is 17.2 Å². The standard InChI is InChI=1S/C9H13NO3/c1-12-9-6-7(11)2-3-8(9)13-5-4-10/h2-3,6,11H,4-5,10H2,1H3/i1D3. The second-order valence-electron chi connectivity index (χ2n) is 2.37. The summed E-state index contributed by atoms with van der Waals surface area (Å²) in [5.41, 5.74) is 5.26. The number of phenols is 1. The zero-order chi connectivity index (χ0) is 12.2. The Hall–Kier alpha value is -1.42. The van der Waals surface area contributed by atoms with Crippen molar-refractivity contribution in [2.45, 2.75) is 0 Å². The van der Waals surface area contributed by atoms with E-state index in [-0.39, 0.29) is 23.9 Å². The Balaban J connectivity index is 2.89. The van der Waals surface area contributed by atoms with Crippen molar-refractivity contribution >= 4 is 0 Å². The van der Waals surface area contributed by atoms with Crippen LogP contribution in [0.1, 0.15) is 4.11 Å². The third kappa shape index (κ3) is 2.52. The number of rotatable bonds is 4. The van der Waals surface area contributed by atoms with Gasteiger partial charge in [-0.15, -0.1) is 0 Å². The quantitative estimate of drug-likeness (QED) is 0.727. The van der Waals surface area contributed by atoms with Gasteiger partial charge in [0.2, 0.25) is 0 Å². The first-order valence-corrected chi connectivity index (χ1v) is 3.77. The first kappa shape index (κ1) is 6.10. The van der Waals surface area contributed by atoms with E-state index in [0.29, 0.717) is 6.54 Å². The Morgan fingerprint density at radius 1 is 1.54 bits per heavy atom. The van der Waals surface area contributed by atoms with E-state index in [1.54, 1.807) is 0 Å². The van der Waals surface area contributed by atoms with E-state index >= 15 is 0 Å². The fourth-order valence-electron chi connectivity index (χ4n) is 0.865. The summed E-state index contributed by atoms with van der Waals surface area (Å²) in [5.74, 6) is 0.104. The summed E-state index contributed by atoms with van der Waals surface area (Å²) in [6.07, 6.45) is 0. The molecule has 0 spiro atoms. The molecule has 1 aromatic carbocycles. The first-order valence-electron chi connectivity index (χ1n) is 5.27. The lowest BCUT2D eigenvalue weighted by Crippen LogP contribution is -2.10. The molecule has 0 atom stereocenters. The summed E-state index contributed by atoms with van der Waals surface area (Å²) in [6.45, 7) is 0.538. The van der Waals surface area contributed by atoms with E-state index in [1.807, 2.05) is 0 Å². The molecule has 0 aliphatic rings. The molecule has 0 bridgehead atoms. The maximum Gasteiger partial charge on any atom is 0.164 e. The number of hydrogen-bond donors (Lipinski definition) is 2. The van der Waals surface area contributed by atoms with Crippen LogP contribution in [0.2, 0.25) is 0 Å². The molecule has 4 heteroatoms. The summed E-state index contributed by atoms with van der Waals surface area (Å²) in [5, 5.41) is 9.22. The van der Waals surface area contributed by atoms with Crippen LogP contribution < -0.4 is 15.2 Å². The highest BCUT2D eigenvalue weighted by Gasteiger charge is 2.03. The second-order valence-corrected chi connectivity index (χ2v) is 2.37. The van der Waals surface area contributed by atoms with Gasteiger partial charge in [0, 0.05) is 12.6 Å². The summed E-state index contributed by atoms with van der Waals surface area (Å²) < 4.78 is 30.7. The second kappa shape index (κ2) is 4.57. The third-order valence-corrected chi connectivity index (χ3v) is 1.41. The van der Waals surface area contributed by atoms with Crippen LogP contribution in [0, 0.1) is 0 Å². The minimum atomic E-state index is -2.59. The SMILES string of the molecule is [2H]C([2H])([2H])Oc1cc(O)ccc1OCCN. The van der Waals surface area contributed by atoms with E-state index in [4.69, 9.17) is 14.6 Å². The van der Waals surface area contributed by atoms with Crippen molar-refractivity contribution in [3.8, 4) is 17.2 Å². The number of phenolic OH excluding ortho intramolecular Hbond substituents is 1. The summed E-state index contributed by atoms with van der Waals surface area (Å²) in [4.78, 5) is 0. The highest BCUT2D eigenvalue weighted by atomic mass is 16.5. The fraction of sp³-hybridized carbons (Fsp3) is 0.333. The van der Waals surface area contributed by atoms with Gasteiger partial charge in [0.05, 0.1) is 11.2 Å². The molecule has 0 unspecified atom stereocenters. The van der Waals surface area contributed by atoms with E-state index in [1.165, 1.54) is 18.2 Å². The van der Waals surface area contributed by atoms with Gasteiger partial charge >= 0.3 is 0 Å². The van der Waals surface area contributed by atoms with Gasteiger partial charge < -0.3 is 20.3 Å². The van der Waals surface area contributed by atoms with Crippen LogP contribution in [0.4, 0.5) is 0 Å². The monoisotopic (exact) mass is 186 g/mol.